The summed E-state index contributed by atoms with van der Waals surface area (Å²) >= 11 is 0. The van der Waals surface area contributed by atoms with Crippen molar-refractivity contribution in [3.05, 3.63) is 77.7 Å². The van der Waals surface area contributed by atoms with Crippen molar-refractivity contribution in [1.29, 1.82) is 0 Å². The number of ketones is 1. The van der Waals surface area contributed by atoms with Crippen LogP contribution in [0.25, 0.3) is 5.57 Å². The van der Waals surface area contributed by atoms with Crippen LogP contribution in [0.4, 0.5) is 11.6 Å². The van der Waals surface area contributed by atoms with E-state index in [9.17, 15) is 4.79 Å². The van der Waals surface area contributed by atoms with Gasteiger partial charge in [0.25, 0.3) is 0 Å². The van der Waals surface area contributed by atoms with Crippen LogP contribution >= 0.6 is 0 Å². The van der Waals surface area contributed by atoms with Crippen molar-refractivity contribution in [2.24, 2.45) is 5.92 Å². The molecule has 5 rings (SSSR count). The number of anilines is 2. The van der Waals surface area contributed by atoms with E-state index >= 15 is 0 Å². The molecule has 1 aliphatic heterocycles. The molecule has 2 aliphatic carbocycles. The van der Waals surface area contributed by atoms with Gasteiger partial charge in [0.05, 0.1) is 0 Å². The van der Waals surface area contributed by atoms with Gasteiger partial charge in [0.2, 0.25) is 5.95 Å². The number of allylic oxidation sites excluding steroid dienone is 5. The van der Waals surface area contributed by atoms with Crippen molar-refractivity contribution in [2.45, 2.75) is 50.9 Å². The van der Waals surface area contributed by atoms with Gasteiger partial charge in [0, 0.05) is 54.2 Å². The van der Waals surface area contributed by atoms with E-state index in [-0.39, 0.29) is 17.8 Å². The smallest absolute Gasteiger partial charge is 0.229 e. The number of aliphatic hydroxyl groups excluding tert-OH is 1. The van der Waals surface area contributed by atoms with Gasteiger partial charge >= 0.3 is 0 Å². The first-order valence-electron chi connectivity index (χ1n) is 12.0. The molecule has 3 aliphatic rings. The molecule has 0 saturated heterocycles. The third-order valence-corrected chi connectivity index (χ3v) is 7.06. The van der Waals surface area contributed by atoms with Crippen molar-refractivity contribution in [3.8, 4) is 0 Å². The second kappa shape index (κ2) is 8.71. The molecule has 1 spiro atoms. The van der Waals surface area contributed by atoms with Gasteiger partial charge in [-0.15, -0.1) is 0 Å². The number of aromatic nitrogens is 2. The Morgan fingerprint density at radius 2 is 2.00 bits per heavy atom. The molecule has 2 heterocycles. The van der Waals surface area contributed by atoms with Crippen LogP contribution in [0.2, 0.25) is 0 Å². The molecule has 170 valence electrons. The van der Waals surface area contributed by atoms with Crippen LogP contribution in [0.5, 0.6) is 0 Å². The van der Waals surface area contributed by atoms with Gasteiger partial charge in [-0.2, -0.15) is 0 Å². The van der Waals surface area contributed by atoms with E-state index in [1.54, 1.807) is 0 Å². The molecule has 0 unspecified atom stereocenters. The lowest BCUT2D eigenvalue weighted by Gasteiger charge is -2.18. The quantitative estimate of drug-likeness (QED) is 0.409. The predicted octanol–water partition coefficient (Wildman–Crippen LogP) is 5.54. The molecule has 5 heteroatoms. The highest BCUT2D eigenvalue weighted by Gasteiger charge is 2.52. The highest BCUT2D eigenvalue weighted by Crippen LogP contribution is 2.57. The van der Waals surface area contributed by atoms with E-state index in [0.717, 1.165) is 36.2 Å². The van der Waals surface area contributed by atoms with Crippen LogP contribution in [-0.4, -0.2) is 34.0 Å². The maximum absolute atomic E-state index is 12.5. The van der Waals surface area contributed by atoms with Crippen molar-refractivity contribution in [2.75, 3.05) is 18.1 Å². The zero-order valence-electron chi connectivity index (χ0n) is 19.3. The summed E-state index contributed by atoms with van der Waals surface area (Å²) < 4.78 is 0. The maximum Gasteiger partial charge on any atom is 0.229 e. The van der Waals surface area contributed by atoms with E-state index in [4.69, 9.17) is 15.1 Å². The summed E-state index contributed by atoms with van der Waals surface area (Å²) in [5.41, 5.74) is 6.38. The zero-order valence-corrected chi connectivity index (χ0v) is 19.3. The molecule has 1 N–H and O–H groups in total. The molecule has 5 nitrogen and oxygen atoms in total. The van der Waals surface area contributed by atoms with Gasteiger partial charge in [-0.05, 0) is 67.7 Å². The largest absolute Gasteiger partial charge is 0.396 e. The minimum absolute atomic E-state index is 0.0312. The first-order chi connectivity index (χ1) is 16.0. The van der Waals surface area contributed by atoms with E-state index in [1.165, 1.54) is 24.0 Å². The Labute approximate surface area is 195 Å². The van der Waals surface area contributed by atoms with E-state index in [0.29, 0.717) is 30.3 Å². The Kier molecular flexibility index (Phi) is 5.75. The zero-order chi connectivity index (χ0) is 23.0. The minimum Gasteiger partial charge on any atom is -0.396 e. The van der Waals surface area contributed by atoms with Crippen LogP contribution < -0.4 is 4.90 Å². The number of hydrogen-bond donors (Lipinski definition) is 1. The van der Waals surface area contributed by atoms with Gasteiger partial charge < -0.3 is 10.0 Å². The summed E-state index contributed by atoms with van der Waals surface area (Å²) in [7, 11) is 0. The van der Waals surface area contributed by atoms with Crippen molar-refractivity contribution in [1.82, 2.24) is 9.97 Å². The fourth-order valence-corrected chi connectivity index (χ4v) is 4.81. The summed E-state index contributed by atoms with van der Waals surface area (Å²) in [6, 6.07) is 6.03. The minimum atomic E-state index is 0.0312. The summed E-state index contributed by atoms with van der Waals surface area (Å²) in [4.78, 5) is 24.1. The SMILES string of the molecule is C=C(/C=C(\C=C/C)C1CC1)c1cnc(N2CC3(CC3)c3ccc(C(=O)CCCO)cc32)nc1. The lowest BCUT2D eigenvalue weighted by Crippen LogP contribution is -2.21. The van der Waals surface area contributed by atoms with Gasteiger partial charge in [-0.3, -0.25) is 4.79 Å². The van der Waals surface area contributed by atoms with Crippen LogP contribution in [0, 0.1) is 5.92 Å². The van der Waals surface area contributed by atoms with Crippen LogP contribution in [0.15, 0.2) is 61.0 Å². The molecular weight excluding hydrogens is 410 g/mol. The monoisotopic (exact) mass is 441 g/mol. The van der Waals surface area contributed by atoms with Gasteiger partial charge in [-0.25, -0.2) is 9.97 Å². The molecule has 2 aromatic rings. The highest BCUT2D eigenvalue weighted by atomic mass is 16.3. The van der Waals surface area contributed by atoms with Crippen molar-refractivity contribution in [3.63, 3.8) is 0 Å². The number of aliphatic hydroxyl groups is 1. The molecule has 2 fully saturated rings. The summed E-state index contributed by atoms with van der Waals surface area (Å²) in [5, 5.41) is 9.06. The maximum atomic E-state index is 12.5. The first kappa shape index (κ1) is 21.8. The van der Waals surface area contributed by atoms with Crippen LogP contribution in [0.1, 0.15) is 66.9 Å². The highest BCUT2D eigenvalue weighted by molar-refractivity contribution is 5.97. The topological polar surface area (TPSA) is 66.3 Å². The number of nitrogens with zero attached hydrogens (tertiary/aromatic N) is 3. The second-order valence-electron chi connectivity index (χ2n) is 9.56. The molecule has 0 atom stereocenters. The molecule has 1 aromatic carbocycles. The molecule has 0 bridgehead atoms. The van der Waals surface area contributed by atoms with E-state index < -0.39 is 0 Å². The summed E-state index contributed by atoms with van der Waals surface area (Å²) in [5.74, 6) is 1.38. The number of carbonyl (C=O) groups is 1. The lowest BCUT2D eigenvalue weighted by molar-refractivity contribution is 0.0971. The first-order valence-corrected chi connectivity index (χ1v) is 12.0. The fraction of sp³-hybridized carbons (Fsp3) is 0.393. The van der Waals surface area contributed by atoms with Gasteiger partial charge in [-0.1, -0.05) is 36.9 Å². The molecule has 0 amide bonds. The molecule has 1 aromatic heterocycles. The Morgan fingerprint density at radius 3 is 2.64 bits per heavy atom. The Hall–Kier alpha value is -3.05. The van der Waals surface area contributed by atoms with Crippen LogP contribution in [-0.2, 0) is 5.41 Å². The number of benzene rings is 1. The standard InChI is InChI=1S/C28H31N3O2/c1-3-5-21(20-7-8-20)14-19(2)23-16-29-27(30-17-23)31-18-28(11-12-28)24-10-9-22(15-25(24)31)26(33)6-4-13-32/h3,5,9-10,14-17,20,32H,2,4,6-8,11-13,18H2,1H3/b5-3-,21-14+. The van der Waals surface area contributed by atoms with Crippen LogP contribution in [0.3, 0.4) is 0 Å². The Bertz CT molecular complexity index is 1140. The third kappa shape index (κ3) is 4.30. The molecule has 2 saturated carbocycles. The van der Waals surface area contributed by atoms with Gasteiger partial charge in [0.15, 0.2) is 5.78 Å². The van der Waals surface area contributed by atoms with Crippen molar-refractivity contribution < 1.29 is 9.90 Å². The van der Waals surface area contributed by atoms with E-state index in [2.05, 4.69) is 35.8 Å². The number of hydrogen-bond acceptors (Lipinski definition) is 5. The summed E-state index contributed by atoms with van der Waals surface area (Å²) in [6.45, 7) is 7.18. The Morgan fingerprint density at radius 1 is 1.24 bits per heavy atom. The fourth-order valence-electron chi connectivity index (χ4n) is 4.81. The number of rotatable bonds is 9. The summed E-state index contributed by atoms with van der Waals surface area (Å²) in [6.07, 6.45) is 15.8. The number of fused-ring (bicyclic) bond motifs is 2. The predicted molar refractivity (Wildman–Crippen MR) is 132 cm³/mol. The molecular formula is C28H31N3O2. The average Bonchev–Trinajstić information content (AvgIpc) is 3.75. The average molecular weight is 442 g/mol. The van der Waals surface area contributed by atoms with E-state index in [1.807, 2.05) is 31.5 Å². The third-order valence-electron chi connectivity index (χ3n) is 7.06. The molecule has 0 radical (unpaired) electrons. The second-order valence-corrected chi connectivity index (χ2v) is 9.56. The van der Waals surface area contributed by atoms with Gasteiger partial charge in [0.1, 0.15) is 0 Å². The lowest BCUT2D eigenvalue weighted by atomic mass is 9.96. The number of Topliss-reactive ketones (excluding diaryl/α,β-unsaturated/α-hetero) is 1. The van der Waals surface area contributed by atoms with Crippen molar-refractivity contribution >= 4 is 23.0 Å². The molecule has 33 heavy (non-hydrogen) atoms. The normalized spacial score (nSPS) is 18.7. The Balaban J connectivity index is 1.40. The number of carbonyl (C=O) groups excluding carboxylic acids is 1.